The third-order valence-electron chi connectivity index (χ3n) is 2.26. The summed E-state index contributed by atoms with van der Waals surface area (Å²) >= 11 is 0. The number of aromatic nitrogens is 1. The molecule has 0 unspecified atom stereocenters. The van der Waals surface area contributed by atoms with Gasteiger partial charge >= 0.3 is 0 Å². The van der Waals surface area contributed by atoms with Gasteiger partial charge < -0.3 is 10.8 Å². The summed E-state index contributed by atoms with van der Waals surface area (Å²) in [5.74, 6) is 0.115. The van der Waals surface area contributed by atoms with Gasteiger partial charge in [0.05, 0.1) is 5.69 Å². The molecule has 0 spiro atoms. The number of aromatic hydroxyl groups is 1. The number of benzene rings is 1. The lowest BCUT2D eigenvalue weighted by Gasteiger charge is -2.04. The van der Waals surface area contributed by atoms with Crippen molar-refractivity contribution in [2.24, 2.45) is 0 Å². The van der Waals surface area contributed by atoms with Crippen LogP contribution in [-0.2, 0) is 0 Å². The number of aryl methyl sites for hydroxylation is 1. The van der Waals surface area contributed by atoms with Crippen LogP contribution in [0.1, 0.15) is 19.5 Å². The normalized spacial score (nSPS) is 9.35. The van der Waals surface area contributed by atoms with E-state index in [2.05, 4.69) is 4.98 Å². The number of phenolic OH excluding ortho intramolecular Hbond substituents is 1. The zero-order chi connectivity index (χ0) is 12.8. The summed E-state index contributed by atoms with van der Waals surface area (Å²) in [4.78, 5) is 4.12. The second kappa shape index (κ2) is 5.89. The van der Waals surface area contributed by atoms with Crippen LogP contribution in [0.25, 0.3) is 11.1 Å². The van der Waals surface area contributed by atoms with E-state index in [1.807, 2.05) is 39.0 Å². The molecule has 0 saturated carbocycles. The van der Waals surface area contributed by atoms with Gasteiger partial charge in [-0.15, -0.1) is 0 Å². The highest BCUT2D eigenvalue weighted by Crippen LogP contribution is 2.27. The SMILES string of the molecule is CC.Cc1cc(-c2ccc(O)c(N)c2)ccn1. The Kier molecular flexibility index (Phi) is 4.52. The first-order valence-corrected chi connectivity index (χ1v) is 5.68. The van der Waals surface area contributed by atoms with Crippen LogP contribution in [0.2, 0.25) is 0 Å². The van der Waals surface area contributed by atoms with Crippen LogP contribution in [0.3, 0.4) is 0 Å². The van der Waals surface area contributed by atoms with Crippen LogP contribution in [0, 0.1) is 6.92 Å². The zero-order valence-corrected chi connectivity index (χ0v) is 10.4. The monoisotopic (exact) mass is 230 g/mol. The summed E-state index contributed by atoms with van der Waals surface area (Å²) in [5.41, 5.74) is 9.01. The first kappa shape index (κ1) is 13.0. The maximum absolute atomic E-state index is 9.31. The van der Waals surface area contributed by atoms with Crippen molar-refractivity contribution in [1.82, 2.24) is 4.98 Å². The quantitative estimate of drug-likeness (QED) is 0.583. The molecule has 3 N–H and O–H groups in total. The van der Waals surface area contributed by atoms with Crippen molar-refractivity contribution >= 4 is 5.69 Å². The molecular formula is C14H18N2O. The van der Waals surface area contributed by atoms with Crippen molar-refractivity contribution in [3.8, 4) is 16.9 Å². The molecule has 1 heterocycles. The summed E-state index contributed by atoms with van der Waals surface area (Å²) < 4.78 is 0. The molecular weight excluding hydrogens is 212 g/mol. The van der Waals surface area contributed by atoms with Gasteiger partial charge in [0, 0.05) is 11.9 Å². The van der Waals surface area contributed by atoms with E-state index in [-0.39, 0.29) is 5.75 Å². The van der Waals surface area contributed by atoms with Crippen molar-refractivity contribution in [2.75, 3.05) is 5.73 Å². The maximum Gasteiger partial charge on any atom is 0.138 e. The molecule has 3 heteroatoms. The maximum atomic E-state index is 9.31. The Labute approximate surface area is 102 Å². The molecule has 2 aromatic rings. The Morgan fingerprint density at radius 2 is 1.71 bits per heavy atom. The molecule has 2 rings (SSSR count). The summed E-state index contributed by atoms with van der Waals surface area (Å²) in [6, 6.07) is 9.08. The van der Waals surface area contributed by atoms with Crippen LogP contribution >= 0.6 is 0 Å². The number of phenols is 1. The average molecular weight is 230 g/mol. The summed E-state index contributed by atoms with van der Waals surface area (Å²) in [5, 5.41) is 9.31. The Hall–Kier alpha value is -2.03. The molecule has 0 aliphatic heterocycles. The van der Waals surface area contributed by atoms with Gasteiger partial charge in [-0.2, -0.15) is 0 Å². The minimum Gasteiger partial charge on any atom is -0.506 e. The predicted molar refractivity (Wildman–Crippen MR) is 71.8 cm³/mol. The Balaban J connectivity index is 0.000000686. The zero-order valence-electron chi connectivity index (χ0n) is 10.4. The van der Waals surface area contributed by atoms with Crippen LogP contribution in [-0.4, -0.2) is 10.1 Å². The number of nitrogens with two attached hydrogens (primary N) is 1. The smallest absolute Gasteiger partial charge is 0.138 e. The molecule has 0 amide bonds. The average Bonchev–Trinajstić information content (AvgIpc) is 2.35. The number of anilines is 1. The number of pyridine rings is 1. The van der Waals surface area contributed by atoms with E-state index in [1.165, 1.54) is 0 Å². The van der Waals surface area contributed by atoms with E-state index in [4.69, 9.17) is 5.73 Å². The largest absolute Gasteiger partial charge is 0.506 e. The lowest BCUT2D eigenvalue weighted by Crippen LogP contribution is -1.88. The third kappa shape index (κ3) is 3.21. The van der Waals surface area contributed by atoms with Gasteiger partial charge in [0.25, 0.3) is 0 Å². The fourth-order valence-corrected chi connectivity index (χ4v) is 1.46. The lowest BCUT2D eigenvalue weighted by atomic mass is 10.1. The van der Waals surface area contributed by atoms with Crippen molar-refractivity contribution in [3.05, 3.63) is 42.2 Å². The molecule has 0 aliphatic carbocycles. The molecule has 1 aromatic carbocycles. The highest BCUT2D eigenvalue weighted by molar-refractivity contribution is 5.70. The molecule has 0 atom stereocenters. The number of nitrogens with zero attached hydrogens (tertiary/aromatic N) is 1. The molecule has 0 aliphatic rings. The van der Waals surface area contributed by atoms with E-state index < -0.39 is 0 Å². The fourth-order valence-electron chi connectivity index (χ4n) is 1.46. The van der Waals surface area contributed by atoms with Gasteiger partial charge in [-0.1, -0.05) is 19.9 Å². The van der Waals surface area contributed by atoms with Crippen molar-refractivity contribution in [3.63, 3.8) is 0 Å². The first-order valence-electron chi connectivity index (χ1n) is 5.68. The number of hydrogen-bond acceptors (Lipinski definition) is 3. The summed E-state index contributed by atoms with van der Waals surface area (Å²) in [6.07, 6.45) is 1.76. The Bertz CT molecular complexity index is 495. The molecule has 0 fully saturated rings. The van der Waals surface area contributed by atoms with E-state index in [9.17, 15) is 5.11 Å². The van der Waals surface area contributed by atoms with Gasteiger partial charge in [0.15, 0.2) is 0 Å². The Morgan fingerprint density at radius 1 is 1.06 bits per heavy atom. The van der Waals surface area contributed by atoms with E-state index in [1.54, 1.807) is 18.3 Å². The molecule has 0 radical (unpaired) electrons. The van der Waals surface area contributed by atoms with Crippen LogP contribution < -0.4 is 5.73 Å². The van der Waals surface area contributed by atoms with Gasteiger partial charge in [-0.25, -0.2) is 0 Å². The predicted octanol–water partition coefficient (Wildman–Crippen LogP) is 3.37. The van der Waals surface area contributed by atoms with Crippen LogP contribution in [0.15, 0.2) is 36.5 Å². The standard InChI is InChI=1S/C12H12N2O.C2H6/c1-8-6-10(4-5-14-8)9-2-3-12(15)11(13)7-9;1-2/h2-7,15H,13H2,1H3;1-2H3. The van der Waals surface area contributed by atoms with Gasteiger partial charge in [0.2, 0.25) is 0 Å². The lowest BCUT2D eigenvalue weighted by molar-refractivity contribution is 0.478. The van der Waals surface area contributed by atoms with Crippen LogP contribution in [0.4, 0.5) is 5.69 Å². The molecule has 0 bridgehead atoms. The molecule has 0 saturated heterocycles. The summed E-state index contributed by atoms with van der Waals surface area (Å²) in [7, 11) is 0. The topological polar surface area (TPSA) is 59.1 Å². The highest BCUT2D eigenvalue weighted by atomic mass is 16.3. The molecule has 3 nitrogen and oxygen atoms in total. The number of hydrogen-bond donors (Lipinski definition) is 2. The van der Waals surface area contributed by atoms with Gasteiger partial charge in [-0.05, 0) is 42.3 Å². The minimum atomic E-state index is 0.115. The second-order valence-corrected chi connectivity index (χ2v) is 3.46. The van der Waals surface area contributed by atoms with Crippen molar-refractivity contribution in [2.45, 2.75) is 20.8 Å². The molecule has 90 valence electrons. The van der Waals surface area contributed by atoms with Gasteiger partial charge in [-0.3, -0.25) is 4.98 Å². The highest BCUT2D eigenvalue weighted by Gasteiger charge is 2.01. The van der Waals surface area contributed by atoms with E-state index in [0.717, 1.165) is 16.8 Å². The third-order valence-corrected chi connectivity index (χ3v) is 2.26. The molecule has 17 heavy (non-hydrogen) atoms. The summed E-state index contributed by atoms with van der Waals surface area (Å²) in [6.45, 7) is 5.94. The van der Waals surface area contributed by atoms with Crippen LogP contribution in [0.5, 0.6) is 5.75 Å². The second-order valence-electron chi connectivity index (χ2n) is 3.46. The van der Waals surface area contributed by atoms with E-state index in [0.29, 0.717) is 5.69 Å². The van der Waals surface area contributed by atoms with Gasteiger partial charge in [0.1, 0.15) is 5.75 Å². The fraction of sp³-hybridized carbons (Fsp3) is 0.214. The number of rotatable bonds is 1. The first-order chi connectivity index (χ1) is 8.16. The van der Waals surface area contributed by atoms with E-state index >= 15 is 0 Å². The minimum absolute atomic E-state index is 0.115. The number of nitrogen functional groups attached to an aromatic ring is 1. The molecule has 1 aromatic heterocycles. The van der Waals surface area contributed by atoms with Crippen molar-refractivity contribution < 1.29 is 5.11 Å². The Morgan fingerprint density at radius 3 is 2.29 bits per heavy atom. The van der Waals surface area contributed by atoms with Crippen molar-refractivity contribution in [1.29, 1.82) is 0 Å².